The second-order valence-electron chi connectivity index (χ2n) is 4.78. The molecule has 1 amide bonds. The Kier molecular flexibility index (Phi) is 4.30. The van der Waals surface area contributed by atoms with Gasteiger partial charge in [0.25, 0.3) is 0 Å². The van der Waals surface area contributed by atoms with Crippen molar-refractivity contribution in [2.75, 3.05) is 5.32 Å². The van der Waals surface area contributed by atoms with Crippen LogP contribution in [0, 0.1) is 0 Å². The molecule has 0 aliphatic rings. The van der Waals surface area contributed by atoms with Crippen LogP contribution in [0.3, 0.4) is 0 Å². The molecule has 0 spiro atoms. The van der Waals surface area contributed by atoms with Gasteiger partial charge in [-0.1, -0.05) is 0 Å². The van der Waals surface area contributed by atoms with Crippen molar-refractivity contribution < 1.29 is 18.0 Å². The Hall–Kier alpha value is -2.75. The van der Waals surface area contributed by atoms with Gasteiger partial charge in [0.15, 0.2) is 0 Å². The summed E-state index contributed by atoms with van der Waals surface area (Å²) in [5, 5.41) is 17.9. The lowest BCUT2D eigenvalue weighted by Gasteiger charge is -2.08. The summed E-state index contributed by atoms with van der Waals surface area (Å²) in [5.74, 6) is -0.0670. The van der Waals surface area contributed by atoms with Gasteiger partial charge in [0.2, 0.25) is 11.7 Å². The molecule has 0 aliphatic carbocycles. The molecule has 6 nitrogen and oxygen atoms in total. The van der Waals surface area contributed by atoms with Crippen molar-refractivity contribution in [3.05, 3.63) is 46.7 Å². The second kappa shape index (κ2) is 6.40. The predicted octanol–water partition coefficient (Wildman–Crippen LogP) is 3.06. The molecular formula is C14H10F3N5OS. The van der Waals surface area contributed by atoms with Gasteiger partial charge in [-0.3, -0.25) is 4.79 Å². The first kappa shape index (κ1) is 16.1. The zero-order chi connectivity index (χ0) is 17.2. The van der Waals surface area contributed by atoms with Crippen molar-refractivity contribution in [1.82, 2.24) is 20.2 Å². The highest BCUT2D eigenvalue weighted by Crippen LogP contribution is 2.29. The third kappa shape index (κ3) is 3.77. The van der Waals surface area contributed by atoms with Crippen molar-refractivity contribution in [2.45, 2.75) is 12.7 Å². The fourth-order valence-electron chi connectivity index (χ4n) is 1.89. The van der Waals surface area contributed by atoms with Crippen molar-refractivity contribution >= 4 is 22.9 Å². The first-order chi connectivity index (χ1) is 11.4. The summed E-state index contributed by atoms with van der Waals surface area (Å²) in [6.45, 7) is -0.196. The maximum atomic E-state index is 12.5. The molecule has 1 N–H and O–H groups in total. The van der Waals surface area contributed by atoms with Crippen LogP contribution in [-0.2, 0) is 17.5 Å². The van der Waals surface area contributed by atoms with E-state index in [0.717, 1.165) is 22.5 Å². The minimum absolute atomic E-state index is 0.196. The first-order valence-electron chi connectivity index (χ1n) is 6.69. The van der Waals surface area contributed by atoms with Gasteiger partial charge in [-0.05, 0) is 40.9 Å². The van der Waals surface area contributed by atoms with Crippen LogP contribution in [0.15, 0.2) is 41.1 Å². The number of tetrazole rings is 1. The summed E-state index contributed by atoms with van der Waals surface area (Å²) in [7, 11) is 0. The van der Waals surface area contributed by atoms with E-state index in [-0.39, 0.29) is 12.2 Å². The van der Waals surface area contributed by atoms with E-state index in [4.69, 9.17) is 0 Å². The van der Waals surface area contributed by atoms with Crippen molar-refractivity contribution in [3.63, 3.8) is 0 Å². The van der Waals surface area contributed by atoms with Crippen molar-refractivity contribution in [1.29, 1.82) is 0 Å². The lowest BCUT2D eigenvalue weighted by Crippen LogP contribution is -2.20. The predicted molar refractivity (Wildman–Crippen MR) is 81.2 cm³/mol. The number of nitrogens with zero attached hydrogens (tertiary/aromatic N) is 4. The topological polar surface area (TPSA) is 72.7 Å². The SMILES string of the molecule is O=C(Cn1nnc(-c2ccsc2)n1)Nc1ccc(C(F)(F)F)cc1. The van der Waals surface area contributed by atoms with Gasteiger partial charge >= 0.3 is 6.18 Å². The number of amides is 1. The number of halogens is 3. The number of aromatic nitrogens is 4. The number of carbonyl (C=O) groups excluding carboxylic acids is 1. The maximum absolute atomic E-state index is 12.5. The summed E-state index contributed by atoms with van der Waals surface area (Å²) < 4.78 is 37.4. The quantitative estimate of drug-likeness (QED) is 0.782. The summed E-state index contributed by atoms with van der Waals surface area (Å²) in [6.07, 6.45) is -4.41. The standard InChI is InChI=1S/C14H10F3N5OS/c15-14(16,17)10-1-3-11(4-2-10)18-12(23)7-22-20-13(19-21-22)9-5-6-24-8-9/h1-6,8H,7H2,(H,18,23). The van der Waals surface area contributed by atoms with Crippen LogP contribution in [0.2, 0.25) is 0 Å². The fourth-order valence-corrected chi connectivity index (χ4v) is 2.52. The van der Waals surface area contributed by atoms with Crippen LogP contribution in [0.1, 0.15) is 5.56 Å². The smallest absolute Gasteiger partial charge is 0.324 e. The average molecular weight is 353 g/mol. The van der Waals surface area contributed by atoms with E-state index >= 15 is 0 Å². The van der Waals surface area contributed by atoms with E-state index in [0.29, 0.717) is 5.82 Å². The second-order valence-corrected chi connectivity index (χ2v) is 5.56. The van der Waals surface area contributed by atoms with Gasteiger partial charge < -0.3 is 5.32 Å². The average Bonchev–Trinajstić information content (AvgIpc) is 3.17. The van der Waals surface area contributed by atoms with Crippen LogP contribution in [0.25, 0.3) is 11.4 Å². The Morgan fingerprint density at radius 2 is 1.96 bits per heavy atom. The Balaban J connectivity index is 1.62. The molecule has 0 unspecified atom stereocenters. The number of hydrogen-bond donors (Lipinski definition) is 1. The van der Waals surface area contributed by atoms with Gasteiger partial charge in [0.1, 0.15) is 6.54 Å². The van der Waals surface area contributed by atoms with Crippen LogP contribution in [0.5, 0.6) is 0 Å². The molecule has 3 aromatic rings. The third-order valence-corrected chi connectivity index (χ3v) is 3.70. The monoisotopic (exact) mass is 353 g/mol. The van der Waals surface area contributed by atoms with E-state index in [2.05, 4.69) is 20.7 Å². The van der Waals surface area contributed by atoms with Gasteiger partial charge in [0, 0.05) is 16.6 Å². The molecule has 0 radical (unpaired) electrons. The maximum Gasteiger partial charge on any atom is 0.416 e. The van der Waals surface area contributed by atoms with Crippen LogP contribution < -0.4 is 5.32 Å². The molecule has 124 valence electrons. The lowest BCUT2D eigenvalue weighted by atomic mass is 10.2. The number of nitrogens with one attached hydrogen (secondary N) is 1. The van der Waals surface area contributed by atoms with E-state index in [1.54, 1.807) is 0 Å². The van der Waals surface area contributed by atoms with Gasteiger partial charge in [0.05, 0.1) is 5.56 Å². The molecule has 0 fully saturated rings. The molecular weight excluding hydrogens is 343 g/mol. The van der Waals surface area contributed by atoms with Gasteiger partial charge in [-0.15, -0.1) is 10.2 Å². The zero-order valence-electron chi connectivity index (χ0n) is 12.0. The number of alkyl halides is 3. The fraction of sp³-hybridized carbons (Fsp3) is 0.143. The molecule has 0 bridgehead atoms. The lowest BCUT2D eigenvalue weighted by molar-refractivity contribution is -0.137. The van der Waals surface area contributed by atoms with E-state index in [1.807, 2.05) is 16.8 Å². The number of hydrogen-bond acceptors (Lipinski definition) is 5. The number of carbonyl (C=O) groups is 1. The summed E-state index contributed by atoms with van der Waals surface area (Å²) in [6, 6.07) is 6.00. The van der Waals surface area contributed by atoms with Crippen LogP contribution in [0.4, 0.5) is 18.9 Å². The number of anilines is 1. The molecule has 3 rings (SSSR count). The highest BCUT2D eigenvalue weighted by atomic mass is 32.1. The molecule has 2 heterocycles. The number of rotatable bonds is 4. The summed E-state index contributed by atoms with van der Waals surface area (Å²) in [4.78, 5) is 13.0. The van der Waals surface area contributed by atoms with Gasteiger partial charge in [-0.2, -0.15) is 29.3 Å². The summed E-state index contributed by atoms with van der Waals surface area (Å²) in [5.41, 5.74) is 0.277. The Labute approximate surface area is 137 Å². The number of thiophene rings is 1. The van der Waals surface area contributed by atoms with E-state index in [1.165, 1.54) is 23.5 Å². The number of benzene rings is 1. The van der Waals surface area contributed by atoms with Crippen LogP contribution in [-0.4, -0.2) is 26.1 Å². The summed E-state index contributed by atoms with van der Waals surface area (Å²) >= 11 is 1.49. The highest BCUT2D eigenvalue weighted by Gasteiger charge is 2.29. The molecule has 1 aromatic carbocycles. The Morgan fingerprint density at radius 1 is 1.21 bits per heavy atom. The normalized spacial score (nSPS) is 11.5. The minimum Gasteiger partial charge on any atom is -0.324 e. The minimum atomic E-state index is -4.41. The largest absolute Gasteiger partial charge is 0.416 e. The molecule has 0 atom stereocenters. The van der Waals surface area contributed by atoms with Crippen molar-refractivity contribution in [2.24, 2.45) is 0 Å². The van der Waals surface area contributed by atoms with E-state index in [9.17, 15) is 18.0 Å². The molecule has 0 saturated heterocycles. The molecule has 10 heteroatoms. The molecule has 2 aromatic heterocycles. The third-order valence-electron chi connectivity index (χ3n) is 3.01. The molecule has 24 heavy (non-hydrogen) atoms. The van der Waals surface area contributed by atoms with Crippen LogP contribution >= 0.6 is 11.3 Å². The highest BCUT2D eigenvalue weighted by molar-refractivity contribution is 7.08. The van der Waals surface area contributed by atoms with Gasteiger partial charge in [-0.25, -0.2) is 0 Å². The molecule has 0 saturated carbocycles. The first-order valence-corrected chi connectivity index (χ1v) is 7.63. The molecule has 0 aliphatic heterocycles. The Morgan fingerprint density at radius 3 is 2.58 bits per heavy atom. The van der Waals surface area contributed by atoms with Crippen molar-refractivity contribution in [3.8, 4) is 11.4 Å². The zero-order valence-corrected chi connectivity index (χ0v) is 12.8. The van der Waals surface area contributed by atoms with E-state index < -0.39 is 17.6 Å². The Bertz CT molecular complexity index is 827.